The zero-order chi connectivity index (χ0) is 32.9. The number of alkyl halides is 1. The van der Waals surface area contributed by atoms with E-state index in [1.165, 1.54) is 0 Å². The zero-order valence-electron chi connectivity index (χ0n) is 27.2. The molecule has 0 saturated carbocycles. The van der Waals surface area contributed by atoms with Gasteiger partial charge >= 0.3 is 6.09 Å². The quantitative estimate of drug-likeness (QED) is 0.115. The summed E-state index contributed by atoms with van der Waals surface area (Å²) in [6.45, 7) is 13.8. The maximum Gasteiger partial charge on any atom is 0.407 e. The first-order chi connectivity index (χ1) is 21.4. The van der Waals surface area contributed by atoms with Crippen molar-refractivity contribution in [3.63, 3.8) is 0 Å². The van der Waals surface area contributed by atoms with E-state index in [1.807, 2.05) is 77.9 Å². The third kappa shape index (κ3) is 13.3. The van der Waals surface area contributed by atoms with Crippen LogP contribution in [0.3, 0.4) is 0 Å². The molecule has 1 aromatic heterocycles. The van der Waals surface area contributed by atoms with Gasteiger partial charge in [-0.2, -0.15) is 4.98 Å². The largest absolute Gasteiger partial charge is 0.494 e. The van der Waals surface area contributed by atoms with Gasteiger partial charge in [-0.25, -0.2) is 9.78 Å². The normalized spacial score (nSPS) is 11.4. The minimum Gasteiger partial charge on any atom is -0.494 e. The van der Waals surface area contributed by atoms with Crippen molar-refractivity contribution in [2.45, 2.75) is 66.5 Å². The summed E-state index contributed by atoms with van der Waals surface area (Å²) >= 11 is 3.41. The van der Waals surface area contributed by atoms with Gasteiger partial charge in [-0.3, -0.25) is 4.79 Å². The molecule has 0 unspecified atom stereocenters. The highest BCUT2D eigenvalue weighted by Crippen LogP contribution is 2.19. The molecule has 45 heavy (non-hydrogen) atoms. The fourth-order valence-electron chi connectivity index (χ4n) is 4.07. The Morgan fingerprint density at radius 3 is 2.18 bits per heavy atom. The molecule has 0 radical (unpaired) electrons. The molecular formula is C34H46BrN5O5. The average Bonchev–Trinajstić information content (AvgIpc) is 2.98. The first kappa shape index (κ1) is 35.6. The fraction of sp³-hybridized carbons (Fsp3) is 0.471. The number of nitrogens with zero attached hydrogens (tertiary/aromatic N) is 2. The summed E-state index contributed by atoms with van der Waals surface area (Å²) in [7, 11) is 0. The van der Waals surface area contributed by atoms with Gasteiger partial charge in [0.1, 0.15) is 23.0 Å². The van der Waals surface area contributed by atoms with Crippen LogP contribution in [0.5, 0.6) is 11.6 Å². The molecule has 0 fully saturated rings. The second-order valence-electron chi connectivity index (χ2n) is 12.4. The van der Waals surface area contributed by atoms with E-state index in [-0.39, 0.29) is 11.3 Å². The van der Waals surface area contributed by atoms with Crippen LogP contribution >= 0.6 is 15.9 Å². The van der Waals surface area contributed by atoms with Crippen LogP contribution in [0.2, 0.25) is 0 Å². The number of nitrogens with one attached hydrogen (secondary N) is 3. The molecule has 2 amide bonds. The molecule has 0 saturated heterocycles. The number of aromatic nitrogens is 2. The summed E-state index contributed by atoms with van der Waals surface area (Å²) < 4.78 is 16.7. The summed E-state index contributed by atoms with van der Waals surface area (Å²) in [5.74, 6) is 2.44. The lowest BCUT2D eigenvalue weighted by atomic mass is 9.93. The van der Waals surface area contributed by atoms with Crippen molar-refractivity contribution in [2.75, 3.05) is 37.0 Å². The first-order valence-electron chi connectivity index (χ1n) is 15.2. The maximum atomic E-state index is 12.8. The zero-order valence-corrected chi connectivity index (χ0v) is 28.8. The minimum absolute atomic E-state index is 0.188. The van der Waals surface area contributed by atoms with Crippen molar-refractivity contribution >= 4 is 33.7 Å². The molecule has 3 aromatic rings. The lowest BCUT2D eigenvalue weighted by molar-refractivity contribution is 0.0506. The van der Waals surface area contributed by atoms with Gasteiger partial charge in [0, 0.05) is 43.0 Å². The highest BCUT2D eigenvalue weighted by molar-refractivity contribution is 9.09. The second-order valence-corrected chi connectivity index (χ2v) is 13.2. The van der Waals surface area contributed by atoms with E-state index in [2.05, 4.69) is 36.9 Å². The lowest BCUT2D eigenvalue weighted by Crippen LogP contribution is -2.43. The van der Waals surface area contributed by atoms with Gasteiger partial charge in [-0.15, -0.1) is 0 Å². The number of alkyl carbamates (subject to hydrolysis) is 1. The molecule has 0 bridgehead atoms. The molecule has 11 heteroatoms. The van der Waals surface area contributed by atoms with Gasteiger partial charge in [-0.1, -0.05) is 54.0 Å². The van der Waals surface area contributed by atoms with Gasteiger partial charge in [0.25, 0.3) is 5.91 Å². The number of ether oxygens (including phenoxy) is 3. The first-order valence-corrected chi connectivity index (χ1v) is 16.3. The van der Waals surface area contributed by atoms with Crippen LogP contribution in [0.15, 0.2) is 54.6 Å². The molecule has 244 valence electrons. The molecule has 0 spiro atoms. The topological polar surface area (TPSA) is 124 Å². The predicted molar refractivity (Wildman–Crippen MR) is 180 cm³/mol. The SMILES string of the molecule is CCOc1cc(NCc2ccc(OCCCBr)cc2)nc(Cc2ccc(C(=O)NCC(C)(C)CNC(=O)OC(C)(C)C)cc2)n1. The predicted octanol–water partition coefficient (Wildman–Crippen LogP) is 6.52. The summed E-state index contributed by atoms with van der Waals surface area (Å²) in [5.41, 5.74) is 1.66. The number of amides is 2. The van der Waals surface area contributed by atoms with Crippen LogP contribution in [-0.2, 0) is 17.7 Å². The summed E-state index contributed by atoms with van der Waals surface area (Å²) in [4.78, 5) is 34.1. The van der Waals surface area contributed by atoms with Crippen LogP contribution in [0.4, 0.5) is 10.6 Å². The molecular weight excluding hydrogens is 638 g/mol. The highest BCUT2D eigenvalue weighted by Gasteiger charge is 2.23. The van der Waals surface area contributed by atoms with Gasteiger partial charge in [0.05, 0.1) is 13.2 Å². The Kier molecular flexibility index (Phi) is 13.5. The van der Waals surface area contributed by atoms with E-state index >= 15 is 0 Å². The Labute approximate surface area is 275 Å². The van der Waals surface area contributed by atoms with Crippen molar-refractivity contribution < 1.29 is 23.8 Å². The molecule has 0 aliphatic heterocycles. The molecule has 0 aliphatic rings. The number of carbonyl (C=O) groups excluding carboxylic acids is 2. The van der Waals surface area contributed by atoms with Gasteiger partial charge in [0.2, 0.25) is 5.88 Å². The number of hydrogen-bond acceptors (Lipinski definition) is 8. The molecule has 3 rings (SSSR count). The minimum atomic E-state index is -0.567. The Morgan fingerprint density at radius 2 is 1.53 bits per heavy atom. The second kappa shape index (κ2) is 17.0. The maximum absolute atomic E-state index is 12.8. The Balaban J connectivity index is 1.55. The number of halogens is 1. The monoisotopic (exact) mass is 683 g/mol. The smallest absolute Gasteiger partial charge is 0.407 e. The number of carbonyl (C=O) groups is 2. The number of rotatable bonds is 16. The molecule has 3 N–H and O–H groups in total. The number of benzene rings is 2. The van der Waals surface area contributed by atoms with Crippen molar-refractivity contribution in [1.82, 2.24) is 20.6 Å². The highest BCUT2D eigenvalue weighted by atomic mass is 79.9. The van der Waals surface area contributed by atoms with Crippen molar-refractivity contribution in [2.24, 2.45) is 5.41 Å². The van der Waals surface area contributed by atoms with Crippen LogP contribution in [-0.4, -0.2) is 59.2 Å². The number of hydrogen-bond donors (Lipinski definition) is 3. The summed E-state index contributed by atoms with van der Waals surface area (Å²) in [5, 5.41) is 10.0. The summed E-state index contributed by atoms with van der Waals surface area (Å²) in [6, 6.07) is 17.2. The van der Waals surface area contributed by atoms with Gasteiger partial charge in [0.15, 0.2) is 0 Å². The molecule has 0 aliphatic carbocycles. The molecule has 0 atom stereocenters. The fourth-order valence-corrected chi connectivity index (χ4v) is 4.30. The van der Waals surface area contributed by atoms with Gasteiger partial charge in [-0.05, 0) is 74.9 Å². The van der Waals surface area contributed by atoms with Crippen molar-refractivity contribution in [1.29, 1.82) is 0 Å². The standard InChI is InChI=1S/C34H46BrN5O5/c1-7-43-30-20-28(36-21-25-11-15-27(16-12-25)44-18-8-17-35)39-29(40-30)19-24-9-13-26(14-10-24)31(41)37-22-34(5,6)23-38-32(42)45-33(2,3)4/h9-16,20H,7-8,17-19,21-23H2,1-6H3,(H,37,41)(H,38,42)(H,36,39,40). The Bertz CT molecular complexity index is 1380. The number of anilines is 1. The average molecular weight is 685 g/mol. The third-order valence-corrected chi connectivity index (χ3v) is 6.96. The van der Waals surface area contributed by atoms with Crippen LogP contribution in [0.1, 0.15) is 75.3 Å². The van der Waals surface area contributed by atoms with E-state index in [0.29, 0.717) is 62.4 Å². The van der Waals surface area contributed by atoms with Crippen molar-refractivity contribution in [3.8, 4) is 11.6 Å². The van der Waals surface area contributed by atoms with Crippen LogP contribution < -0.4 is 25.4 Å². The van der Waals surface area contributed by atoms with Crippen LogP contribution in [0, 0.1) is 5.41 Å². The Morgan fingerprint density at radius 1 is 0.867 bits per heavy atom. The molecule has 1 heterocycles. The van der Waals surface area contributed by atoms with E-state index < -0.39 is 11.7 Å². The lowest BCUT2D eigenvalue weighted by Gasteiger charge is -2.26. The molecule has 10 nitrogen and oxygen atoms in total. The van der Waals surface area contributed by atoms with Crippen molar-refractivity contribution in [3.05, 3.63) is 77.1 Å². The molecule has 2 aromatic carbocycles. The van der Waals surface area contributed by atoms with E-state index in [4.69, 9.17) is 19.2 Å². The third-order valence-electron chi connectivity index (χ3n) is 6.40. The summed E-state index contributed by atoms with van der Waals surface area (Å²) in [6.07, 6.45) is 0.951. The van der Waals surface area contributed by atoms with E-state index in [9.17, 15) is 9.59 Å². The Hall–Kier alpha value is -3.86. The van der Waals surface area contributed by atoms with E-state index in [1.54, 1.807) is 18.2 Å². The van der Waals surface area contributed by atoms with Crippen LogP contribution in [0.25, 0.3) is 0 Å². The van der Waals surface area contributed by atoms with Gasteiger partial charge < -0.3 is 30.2 Å². The van der Waals surface area contributed by atoms with E-state index in [0.717, 1.165) is 28.6 Å².